The van der Waals surface area contributed by atoms with E-state index in [1.54, 1.807) is 11.8 Å². The molecular weight excluding hydrogens is 428 g/mol. The van der Waals surface area contributed by atoms with Gasteiger partial charge in [0.25, 0.3) is 0 Å². The molecular formula is C29H50O3S. The number of rotatable bonds is 21. The van der Waals surface area contributed by atoms with Crippen molar-refractivity contribution in [1.82, 2.24) is 0 Å². The third-order valence-corrected chi connectivity index (χ3v) is 7.28. The molecule has 1 aromatic rings. The van der Waals surface area contributed by atoms with E-state index >= 15 is 0 Å². The molecule has 0 bridgehead atoms. The van der Waals surface area contributed by atoms with Crippen molar-refractivity contribution >= 4 is 17.7 Å². The Morgan fingerprint density at radius 1 is 0.758 bits per heavy atom. The minimum atomic E-state index is -0.117. The number of ether oxygens (including phenoxy) is 1. The van der Waals surface area contributed by atoms with Crippen LogP contribution in [0, 0.1) is 13.8 Å². The fourth-order valence-corrected chi connectivity index (χ4v) is 5.01. The van der Waals surface area contributed by atoms with Crippen LogP contribution in [0.25, 0.3) is 0 Å². The lowest BCUT2D eigenvalue weighted by Crippen LogP contribution is -2.08. The largest absolute Gasteiger partial charge is 0.507 e. The summed E-state index contributed by atoms with van der Waals surface area (Å²) in [5.41, 5.74) is 2.91. The van der Waals surface area contributed by atoms with Gasteiger partial charge < -0.3 is 9.84 Å². The van der Waals surface area contributed by atoms with Crippen LogP contribution in [0.15, 0.2) is 12.1 Å². The van der Waals surface area contributed by atoms with Crippen LogP contribution in [0.3, 0.4) is 0 Å². The molecule has 0 saturated carbocycles. The fraction of sp³-hybridized carbons (Fsp3) is 0.759. The van der Waals surface area contributed by atoms with E-state index in [-0.39, 0.29) is 5.97 Å². The van der Waals surface area contributed by atoms with Crippen molar-refractivity contribution in [2.24, 2.45) is 0 Å². The molecule has 0 aliphatic carbocycles. The molecule has 4 heteroatoms. The highest BCUT2D eigenvalue weighted by molar-refractivity contribution is 7.99. The minimum Gasteiger partial charge on any atom is -0.507 e. The number of phenolic OH excluding ortho intramolecular Hbond substituents is 1. The van der Waals surface area contributed by atoms with Crippen LogP contribution in [0.5, 0.6) is 5.75 Å². The zero-order chi connectivity index (χ0) is 24.2. The van der Waals surface area contributed by atoms with Crippen LogP contribution in [0.1, 0.15) is 126 Å². The Labute approximate surface area is 208 Å². The van der Waals surface area contributed by atoms with Crippen molar-refractivity contribution in [3.8, 4) is 5.75 Å². The molecule has 0 saturated heterocycles. The lowest BCUT2D eigenvalue weighted by molar-refractivity contribution is -0.140. The second-order valence-electron chi connectivity index (χ2n) is 9.59. The highest BCUT2D eigenvalue weighted by Gasteiger charge is 2.06. The van der Waals surface area contributed by atoms with E-state index < -0.39 is 0 Å². The monoisotopic (exact) mass is 478 g/mol. The van der Waals surface area contributed by atoms with Crippen LogP contribution < -0.4 is 0 Å². The maximum Gasteiger partial charge on any atom is 0.315 e. The first-order valence-electron chi connectivity index (χ1n) is 13.6. The van der Waals surface area contributed by atoms with Gasteiger partial charge in [0.1, 0.15) is 5.75 Å². The highest BCUT2D eigenvalue weighted by Crippen LogP contribution is 2.25. The second kappa shape index (κ2) is 20.2. The molecule has 190 valence electrons. The van der Waals surface area contributed by atoms with Crippen molar-refractivity contribution in [3.63, 3.8) is 0 Å². The average Bonchev–Trinajstić information content (AvgIpc) is 2.79. The summed E-state index contributed by atoms with van der Waals surface area (Å²) in [7, 11) is 0. The van der Waals surface area contributed by atoms with Gasteiger partial charge in [-0.05, 0) is 37.0 Å². The van der Waals surface area contributed by atoms with E-state index in [1.807, 2.05) is 26.0 Å². The predicted molar refractivity (Wildman–Crippen MR) is 144 cm³/mol. The van der Waals surface area contributed by atoms with Crippen molar-refractivity contribution in [2.45, 2.75) is 129 Å². The van der Waals surface area contributed by atoms with Gasteiger partial charge in [0.05, 0.1) is 12.4 Å². The molecule has 1 aromatic carbocycles. The fourth-order valence-electron chi connectivity index (χ4n) is 4.26. The van der Waals surface area contributed by atoms with E-state index in [9.17, 15) is 9.90 Å². The van der Waals surface area contributed by atoms with Gasteiger partial charge in [0.2, 0.25) is 0 Å². The molecule has 0 atom stereocenters. The molecule has 0 radical (unpaired) electrons. The Kier molecular flexibility index (Phi) is 18.3. The van der Waals surface area contributed by atoms with E-state index in [0.29, 0.717) is 18.1 Å². The molecule has 0 heterocycles. The quantitative estimate of drug-likeness (QED) is 0.141. The van der Waals surface area contributed by atoms with Gasteiger partial charge in [-0.2, -0.15) is 0 Å². The smallest absolute Gasteiger partial charge is 0.315 e. The van der Waals surface area contributed by atoms with Gasteiger partial charge in [0.15, 0.2) is 0 Å². The van der Waals surface area contributed by atoms with Gasteiger partial charge >= 0.3 is 5.97 Å². The number of benzene rings is 1. The van der Waals surface area contributed by atoms with Crippen LogP contribution in [0.2, 0.25) is 0 Å². The van der Waals surface area contributed by atoms with E-state index in [0.717, 1.165) is 35.3 Å². The summed E-state index contributed by atoms with van der Waals surface area (Å²) in [6, 6.07) is 3.97. The molecule has 0 fully saturated rings. The summed E-state index contributed by atoms with van der Waals surface area (Å²) in [5, 5.41) is 9.84. The number of carbonyl (C=O) groups is 1. The standard InChI is InChI=1S/C29H50O3S/c1-4-5-6-7-8-9-10-11-12-13-14-15-16-17-18-19-20-32-28(30)24-33-23-27-21-25(2)29(31)26(3)22-27/h21-22,31H,4-20,23-24H2,1-3H3. The molecule has 0 spiro atoms. The zero-order valence-electron chi connectivity index (χ0n) is 21.8. The predicted octanol–water partition coefficient (Wildman–Crippen LogP) is 9.05. The van der Waals surface area contributed by atoms with Gasteiger partial charge in [-0.1, -0.05) is 115 Å². The number of carbonyl (C=O) groups excluding carboxylic acids is 1. The van der Waals surface area contributed by atoms with E-state index in [4.69, 9.17) is 4.74 Å². The van der Waals surface area contributed by atoms with Crippen LogP contribution in [0.4, 0.5) is 0 Å². The number of aryl methyl sites for hydroxylation is 2. The average molecular weight is 479 g/mol. The minimum absolute atomic E-state index is 0.117. The second-order valence-corrected chi connectivity index (χ2v) is 10.6. The summed E-state index contributed by atoms with van der Waals surface area (Å²) in [6.07, 6.45) is 21.6. The number of aromatic hydroxyl groups is 1. The summed E-state index contributed by atoms with van der Waals surface area (Å²) in [5.74, 6) is 1.39. The van der Waals surface area contributed by atoms with Crippen molar-refractivity contribution in [2.75, 3.05) is 12.4 Å². The third-order valence-electron chi connectivity index (χ3n) is 6.30. The molecule has 0 aliphatic rings. The summed E-state index contributed by atoms with van der Waals surface area (Å²) in [6.45, 7) is 6.64. The lowest BCUT2D eigenvalue weighted by Gasteiger charge is -2.08. The number of thioether (sulfide) groups is 1. The van der Waals surface area contributed by atoms with Crippen LogP contribution >= 0.6 is 11.8 Å². The topological polar surface area (TPSA) is 46.5 Å². The molecule has 0 unspecified atom stereocenters. The molecule has 0 aliphatic heterocycles. The van der Waals surface area contributed by atoms with Crippen molar-refractivity contribution < 1.29 is 14.6 Å². The van der Waals surface area contributed by atoms with Crippen LogP contribution in [-0.2, 0) is 15.3 Å². The summed E-state index contributed by atoms with van der Waals surface area (Å²) < 4.78 is 5.37. The Morgan fingerprint density at radius 2 is 1.18 bits per heavy atom. The SMILES string of the molecule is CCCCCCCCCCCCCCCCCCOC(=O)CSCc1cc(C)c(O)c(C)c1. The number of hydrogen-bond acceptors (Lipinski definition) is 4. The van der Waals surface area contributed by atoms with Crippen LogP contribution in [-0.4, -0.2) is 23.4 Å². The number of unbranched alkanes of at least 4 members (excludes halogenated alkanes) is 15. The number of hydrogen-bond donors (Lipinski definition) is 1. The first kappa shape index (κ1) is 29.9. The first-order chi connectivity index (χ1) is 16.0. The maximum atomic E-state index is 11.9. The normalized spacial score (nSPS) is 11.1. The Hall–Kier alpha value is -1.16. The molecule has 1 N–H and O–H groups in total. The summed E-state index contributed by atoms with van der Waals surface area (Å²) >= 11 is 1.57. The Bertz CT molecular complexity index is 606. The third kappa shape index (κ3) is 16.2. The highest BCUT2D eigenvalue weighted by atomic mass is 32.2. The van der Waals surface area contributed by atoms with Gasteiger partial charge in [-0.15, -0.1) is 11.8 Å². The molecule has 3 nitrogen and oxygen atoms in total. The molecule has 33 heavy (non-hydrogen) atoms. The van der Waals surface area contributed by atoms with Gasteiger partial charge in [0, 0.05) is 5.75 Å². The molecule has 0 aromatic heterocycles. The lowest BCUT2D eigenvalue weighted by atomic mass is 10.0. The maximum absolute atomic E-state index is 11.9. The molecule has 1 rings (SSSR count). The van der Waals surface area contributed by atoms with Gasteiger partial charge in [-0.25, -0.2) is 0 Å². The van der Waals surface area contributed by atoms with Crippen molar-refractivity contribution in [3.05, 3.63) is 28.8 Å². The van der Waals surface area contributed by atoms with E-state index in [1.165, 1.54) is 89.9 Å². The number of esters is 1. The Balaban J connectivity index is 1.84. The number of phenols is 1. The van der Waals surface area contributed by atoms with E-state index in [2.05, 4.69) is 6.92 Å². The van der Waals surface area contributed by atoms with Gasteiger partial charge in [-0.3, -0.25) is 4.79 Å². The zero-order valence-corrected chi connectivity index (χ0v) is 22.6. The van der Waals surface area contributed by atoms with Crippen molar-refractivity contribution in [1.29, 1.82) is 0 Å². The molecule has 0 amide bonds. The first-order valence-corrected chi connectivity index (χ1v) is 14.7. The summed E-state index contributed by atoms with van der Waals surface area (Å²) in [4.78, 5) is 11.9. The Morgan fingerprint density at radius 3 is 1.64 bits per heavy atom.